The lowest BCUT2D eigenvalue weighted by Crippen LogP contribution is -2.39. The van der Waals surface area contributed by atoms with Crippen molar-refractivity contribution in [1.29, 1.82) is 0 Å². The van der Waals surface area contributed by atoms with Gasteiger partial charge < -0.3 is 9.26 Å². The van der Waals surface area contributed by atoms with Crippen LogP contribution in [-0.2, 0) is 28.0 Å². The number of benzene rings is 1. The Kier molecular flexibility index (Phi) is 9.86. The molecule has 196 valence electrons. The molecule has 0 spiro atoms. The normalized spacial score (nSPS) is 22.3. The van der Waals surface area contributed by atoms with Crippen LogP contribution in [0.2, 0.25) is 0 Å². The van der Waals surface area contributed by atoms with Gasteiger partial charge in [-0.05, 0) is 30.1 Å². The number of phosphoric ester groups is 1. The van der Waals surface area contributed by atoms with Crippen LogP contribution in [0.3, 0.4) is 0 Å². The number of hydroxylamine groups is 1. The number of hydrogen-bond acceptors (Lipinski definition) is 9. The number of H-pyrrole nitrogens is 1. The van der Waals surface area contributed by atoms with Crippen LogP contribution < -0.4 is 16.3 Å². The van der Waals surface area contributed by atoms with Crippen molar-refractivity contribution in [3.63, 3.8) is 0 Å². The maximum absolute atomic E-state index is 12.5. The van der Waals surface area contributed by atoms with Crippen molar-refractivity contribution in [3.05, 3.63) is 67.9 Å². The first-order valence-electron chi connectivity index (χ1n) is 10.6. The van der Waals surface area contributed by atoms with Gasteiger partial charge in [-0.15, -0.1) is 0 Å². The number of rotatable bonds is 10. The summed E-state index contributed by atoms with van der Waals surface area (Å²) in [5.74, 6) is -1.04. The summed E-state index contributed by atoms with van der Waals surface area (Å²) in [7, 11) is -3.46. The molecule has 2 N–H and O–H groups in total. The van der Waals surface area contributed by atoms with Gasteiger partial charge in [0.1, 0.15) is 6.23 Å². The highest BCUT2D eigenvalue weighted by Gasteiger charge is 2.39. The smallest absolute Gasteiger partial charge is 0.369 e. The Morgan fingerprint density at radius 1 is 1.39 bits per heavy atom. The summed E-state index contributed by atoms with van der Waals surface area (Å²) in [6, 6.07) is 7.59. The maximum atomic E-state index is 12.5. The number of hydrogen-bond donors (Lipinski definition) is 2. The van der Waals surface area contributed by atoms with E-state index in [0.717, 1.165) is 0 Å². The molecule has 1 aliphatic heterocycles. The summed E-state index contributed by atoms with van der Waals surface area (Å²) in [6.45, 7) is 1.03. The van der Waals surface area contributed by atoms with Crippen LogP contribution in [-0.4, -0.2) is 51.1 Å². The van der Waals surface area contributed by atoms with E-state index in [1.54, 1.807) is 30.3 Å². The Morgan fingerprint density at radius 2 is 2.08 bits per heavy atom. The van der Waals surface area contributed by atoms with Gasteiger partial charge in [-0.2, -0.15) is 0 Å². The van der Waals surface area contributed by atoms with E-state index >= 15 is 0 Å². The summed E-state index contributed by atoms with van der Waals surface area (Å²) in [5.41, 5.74) is -0.466. The predicted octanol–water partition coefficient (Wildman–Crippen LogP) is 3.07. The molecule has 0 aliphatic carbocycles. The molecule has 1 aliphatic rings. The molecule has 1 saturated heterocycles. The zero-order valence-corrected chi connectivity index (χ0v) is 23.2. The Labute approximate surface area is 222 Å². The molecule has 5 atom stereocenters. The molecule has 1 aromatic carbocycles. The predicted molar refractivity (Wildman–Crippen MR) is 138 cm³/mol. The van der Waals surface area contributed by atoms with Crippen molar-refractivity contribution in [2.24, 2.45) is 0 Å². The number of carbonyl (C=O) groups excluding carboxylic acids is 1. The van der Waals surface area contributed by atoms with Crippen molar-refractivity contribution >= 4 is 57.4 Å². The highest BCUT2D eigenvalue weighted by Crippen LogP contribution is 2.45. The van der Waals surface area contributed by atoms with Crippen molar-refractivity contribution < 1.29 is 32.9 Å². The molecule has 1 aromatic heterocycles. The molecule has 2 heterocycles. The Balaban J connectivity index is 1.62. The third-order valence-corrected chi connectivity index (χ3v) is 7.33. The van der Waals surface area contributed by atoms with Gasteiger partial charge in [0.05, 0.1) is 31.1 Å². The van der Waals surface area contributed by atoms with Crippen LogP contribution >= 0.6 is 39.7 Å². The number of ether oxygens (including phenoxy) is 1. The average Bonchev–Trinajstić information content (AvgIpc) is 3.20. The van der Waals surface area contributed by atoms with Crippen molar-refractivity contribution in [3.8, 4) is 0 Å². The Morgan fingerprint density at radius 3 is 2.72 bits per heavy atom. The zero-order chi connectivity index (χ0) is 26.5. The molecule has 0 saturated carbocycles. The van der Waals surface area contributed by atoms with E-state index in [9.17, 15) is 23.8 Å². The number of alkyl halides is 1. The van der Waals surface area contributed by atoms with Gasteiger partial charge in [-0.25, -0.2) is 19.2 Å². The molecular formula is C21H24Br2N3O9P. The van der Waals surface area contributed by atoms with Crippen LogP contribution in [0.25, 0.3) is 6.08 Å². The fourth-order valence-corrected chi connectivity index (χ4v) is 5.10. The van der Waals surface area contributed by atoms with Gasteiger partial charge in [-0.1, -0.05) is 50.1 Å². The van der Waals surface area contributed by atoms with E-state index in [-0.39, 0.29) is 10.4 Å². The molecule has 12 nitrogen and oxygen atoms in total. The summed E-state index contributed by atoms with van der Waals surface area (Å²) >= 11 is 6.49. The minimum Gasteiger partial charge on any atom is -0.369 e. The summed E-state index contributed by atoms with van der Waals surface area (Å²) in [4.78, 5) is 55.3. The second-order valence-corrected chi connectivity index (χ2v) is 10.7. The van der Waals surface area contributed by atoms with Crippen molar-refractivity contribution in [2.45, 2.75) is 36.5 Å². The number of aromatic nitrogens is 2. The van der Waals surface area contributed by atoms with Crippen LogP contribution in [0.4, 0.5) is 5.69 Å². The standard InChI is InChI=1S/C21H24Br2N3O9P/c1-13(26(32-2)15-6-4-3-5-7-15)20(28)35-36(30,31)33-12-17-16(23)10-18(34-17)25-11-14(8-9-22)19(27)24-21(25)29/h3-9,11,13,16-18H,10,12H2,1-2H3,(H,30,31)(H,24,27,29)/b9-8+/t13-,16-,17+,18+/m0/s1. The fourth-order valence-electron chi connectivity index (χ4n) is 3.45. The van der Waals surface area contributed by atoms with Crippen LogP contribution in [0.1, 0.15) is 25.1 Å². The monoisotopic (exact) mass is 651 g/mol. The maximum Gasteiger partial charge on any atom is 0.529 e. The molecule has 0 radical (unpaired) electrons. The molecule has 1 unspecified atom stereocenters. The Bertz CT molecular complexity index is 1250. The van der Waals surface area contributed by atoms with Crippen LogP contribution in [0.15, 0.2) is 51.1 Å². The van der Waals surface area contributed by atoms with E-state index in [1.807, 2.05) is 0 Å². The molecule has 3 rings (SSSR count). The third kappa shape index (κ3) is 7.03. The molecule has 1 fully saturated rings. The number of halogens is 2. The largest absolute Gasteiger partial charge is 0.529 e. The highest BCUT2D eigenvalue weighted by molar-refractivity contribution is 9.11. The van der Waals surface area contributed by atoms with Gasteiger partial charge in [0.25, 0.3) is 5.56 Å². The summed E-state index contributed by atoms with van der Waals surface area (Å²) in [5, 5.41) is 1.22. The Hall–Kier alpha value is -2.06. The lowest BCUT2D eigenvalue weighted by Gasteiger charge is -2.27. The van der Waals surface area contributed by atoms with Gasteiger partial charge in [0, 0.05) is 17.4 Å². The van der Waals surface area contributed by atoms with E-state index in [4.69, 9.17) is 18.6 Å². The minimum absolute atomic E-state index is 0.224. The summed E-state index contributed by atoms with van der Waals surface area (Å²) < 4.78 is 29.2. The first kappa shape index (κ1) is 28.5. The number of nitrogens with zero attached hydrogens (tertiary/aromatic N) is 2. The van der Waals surface area contributed by atoms with E-state index < -0.39 is 50.0 Å². The zero-order valence-electron chi connectivity index (χ0n) is 19.2. The molecule has 36 heavy (non-hydrogen) atoms. The third-order valence-electron chi connectivity index (χ3n) is 5.22. The fraction of sp³-hybridized carbons (Fsp3) is 0.381. The lowest BCUT2D eigenvalue weighted by molar-refractivity contribution is -0.139. The molecule has 0 amide bonds. The van der Waals surface area contributed by atoms with E-state index in [2.05, 4.69) is 36.8 Å². The average molecular weight is 653 g/mol. The van der Waals surface area contributed by atoms with Crippen molar-refractivity contribution in [2.75, 3.05) is 18.8 Å². The molecule has 15 heteroatoms. The highest BCUT2D eigenvalue weighted by atomic mass is 79.9. The lowest BCUT2D eigenvalue weighted by atomic mass is 10.2. The van der Waals surface area contributed by atoms with E-state index in [1.165, 1.54) is 40.9 Å². The van der Waals surface area contributed by atoms with Gasteiger partial charge in [0.2, 0.25) is 0 Å². The van der Waals surface area contributed by atoms with Gasteiger partial charge in [-0.3, -0.25) is 28.6 Å². The van der Waals surface area contributed by atoms with Crippen LogP contribution in [0, 0.1) is 0 Å². The number of para-hydroxylation sites is 1. The number of aromatic amines is 1. The SMILES string of the molecule is CON(c1ccccc1)[C@@H](C)C(=O)OP(=O)(O)OC[C@H]1O[C@@H](n2cc(/C=C/Br)c(=O)[nH]c2=O)C[C@@H]1Br. The topological polar surface area (TPSA) is 149 Å². The molecular weight excluding hydrogens is 629 g/mol. The summed E-state index contributed by atoms with van der Waals surface area (Å²) in [6.07, 6.45) is 1.57. The van der Waals surface area contributed by atoms with Crippen molar-refractivity contribution in [1.82, 2.24) is 9.55 Å². The van der Waals surface area contributed by atoms with Gasteiger partial charge in [0.15, 0.2) is 6.04 Å². The van der Waals surface area contributed by atoms with E-state index in [0.29, 0.717) is 12.1 Å². The molecule has 2 aromatic rings. The van der Waals surface area contributed by atoms with Gasteiger partial charge >= 0.3 is 19.5 Å². The van der Waals surface area contributed by atoms with Crippen LogP contribution in [0.5, 0.6) is 0 Å². The second-order valence-electron chi connectivity index (χ2n) is 7.62. The first-order chi connectivity index (χ1) is 17.1. The number of carbonyl (C=O) groups is 1. The quantitative estimate of drug-likeness (QED) is 0.223. The minimum atomic E-state index is -4.81. The first-order valence-corrected chi connectivity index (χ1v) is 13.9. The number of nitrogens with one attached hydrogen (secondary N) is 1. The second kappa shape index (κ2) is 12.5. The molecule has 0 bridgehead atoms. The number of anilines is 1. The number of phosphoric acid groups is 1.